The van der Waals surface area contributed by atoms with Gasteiger partial charge in [-0.3, -0.25) is 9.78 Å². The zero-order valence-corrected chi connectivity index (χ0v) is 21.5. The maximum absolute atomic E-state index is 14.0. The van der Waals surface area contributed by atoms with Gasteiger partial charge in [-0.2, -0.15) is 0 Å². The summed E-state index contributed by atoms with van der Waals surface area (Å²) < 4.78 is 20.3. The van der Waals surface area contributed by atoms with Crippen LogP contribution in [0.2, 0.25) is 5.02 Å². The van der Waals surface area contributed by atoms with Crippen LogP contribution < -0.4 is 10.6 Å². The smallest absolute Gasteiger partial charge is 0.226 e. The number of rotatable bonds is 7. The van der Waals surface area contributed by atoms with Crippen LogP contribution in [0.4, 0.5) is 10.1 Å². The first kappa shape index (κ1) is 24.9. The number of para-hydroxylation sites is 1. The van der Waals surface area contributed by atoms with Crippen molar-refractivity contribution in [3.05, 3.63) is 107 Å². The second-order valence-corrected chi connectivity index (χ2v) is 9.51. The Morgan fingerprint density at radius 1 is 1.14 bits per heavy atom. The molecule has 1 saturated heterocycles. The first-order valence-electron chi connectivity index (χ1n) is 11.8. The normalized spacial score (nSPS) is 17.1. The molecular weight excluding hydrogens is 511 g/mol. The molecule has 188 valence electrons. The molecule has 9 heteroatoms. The average molecular weight is 535 g/mol. The van der Waals surface area contributed by atoms with Gasteiger partial charge in [0.1, 0.15) is 23.4 Å². The molecule has 5 rings (SSSR count). The lowest BCUT2D eigenvalue weighted by atomic mass is 10.0. The maximum atomic E-state index is 14.0. The van der Waals surface area contributed by atoms with E-state index in [9.17, 15) is 9.18 Å². The van der Waals surface area contributed by atoms with E-state index in [1.165, 1.54) is 12.1 Å². The number of pyridine rings is 1. The molecule has 0 spiro atoms. The van der Waals surface area contributed by atoms with E-state index >= 15 is 0 Å². The molecule has 0 saturated carbocycles. The Balaban J connectivity index is 1.42. The molecule has 1 aliphatic heterocycles. The second kappa shape index (κ2) is 10.7. The number of carbonyl (C=O) groups excluding carboxylic acids is 1. The average Bonchev–Trinajstić information content (AvgIpc) is 3.51. The Bertz CT molecular complexity index is 1450. The van der Waals surface area contributed by atoms with E-state index in [0.717, 1.165) is 16.8 Å². The third-order valence-electron chi connectivity index (χ3n) is 6.38. The van der Waals surface area contributed by atoms with Crippen molar-refractivity contribution in [3.63, 3.8) is 0 Å². The van der Waals surface area contributed by atoms with Crippen LogP contribution in [0.15, 0.2) is 83.4 Å². The number of amides is 1. The van der Waals surface area contributed by atoms with Crippen molar-refractivity contribution in [1.82, 2.24) is 15.2 Å². The van der Waals surface area contributed by atoms with Crippen LogP contribution in [-0.2, 0) is 4.79 Å². The van der Waals surface area contributed by atoms with Crippen LogP contribution in [0.5, 0.6) is 0 Å². The fourth-order valence-corrected chi connectivity index (χ4v) is 4.99. The Kier molecular flexibility index (Phi) is 7.21. The van der Waals surface area contributed by atoms with Crippen molar-refractivity contribution >= 4 is 40.5 Å². The highest BCUT2D eigenvalue weighted by Crippen LogP contribution is 2.41. The number of halogens is 2. The lowest BCUT2D eigenvalue weighted by Crippen LogP contribution is -2.32. The lowest BCUT2D eigenvalue weighted by molar-refractivity contribution is -0.116. The van der Waals surface area contributed by atoms with Crippen molar-refractivity contribution in [2.24, 2.45) is 0 Å². The molecule has 1 amide bonds. The van der Waals surface area contributed by atoms with Crippen LogP contribution in [0.1, 0.15) is 35.5 Å². The van der Waals surface area contributed by atoms with Gasteiger partial charge in [0.05, 0.1) is 17.4 Å². The topological polar surface area (TPSA) is 70.4 Å². The summed E-state index contributed by atoms with van der Waals surface area (Å²) in [6.07, 6.45) is 1.83. The monoisotopic (exact) mass is 534 g/mol. The number of hydrogen-bond acceptors (Lipinski definition) is 4. The molecule has 2 unspecified atom stereocenters. The summed E-state index contributed by atoms with van der Waals surface area (Å²) in [6.45, 7) is 2.25. The largest absolute Gasteiger partial charge is 0.459 e. The summed E-state index contributed by atoms with van der Waals surface area (Å²) in [5.41, 5.74) is 2.76. The number of hydrogen-bond donors (Lipinski definition) is 2. The van der Waals surface area contributed by atoms with Crippen LogP contribution in [0, 0.1) is 12.7 Å². The number of anilines is 1. The molecule has 0 aliphatic carbocycles. The Labute approximate surface area is 224 Å². The van der Waals surface area contributed by atoms with E-state index < -0.39 is 5.82 Å². The summed E-state index contributed by atoms with van der Waals surface area (Å²) in [7, 11) is 0. The summed E-state index contributed by atoms with van der Waals surface area (Å²) in [5.74, 6) is 0.557. The SMILES string of the molecule is Cc1c(Cl)cccc1-c1ccc(C2C(c3ccccn3)NC(=S)N2CCC(=O)Nc2ccccc2F)o1. The number of aromatic nitrogens is 1. The highest BCUT2D eigenvalue weighted by molar-refractivity contribution is 7.80. The highest BCUT2D eigenvalue weighted by Gasteiger charge is 2.41. The van der Waals surface area contributed by atoms with Gasteiger partial charge in [0.15, 0.2) is 5.11 Å². The van der Waals surface area contributed by atoms with Crippen molar-refractivity contribution in [2.75, 3.05) is 11.9 Å². The second-order valence-electron chi connectivity index (χ2n) is 8.71. The number of carbonyl (C=O) groups is 1. The predicted molar refractivity (Wildman–Crippen MR) is 146 cm³/mol. The maximum Gasteiger partial charge on any atom is 0.226 e. The van der Waals surface area contributed by atoms with Crippen LogP contribution >= 0.6 is 23.8 Å². The summed E-state index contributed by atoms with van der Waals surface area (Å²) in [4.78, 5) is 19.1. The number of furan rings is 1. The van der Waals surface area contributed by atoms with Crippen molar-refractivity contribution < 1.29 is 13.6 Å². The van der Waals surface area contributed by atoms with E-state index in [4.69, 9.17) is 28.2 Å². The van der Waals surface area contributed by atoms with Crippen molar-refractivity contribution in [3.8, 4) is 11.3 Å². The Morgan fingerprint density at radius 3 is 2.73 bits per heavy atom. The van der Waals surface area contributed by atoms with Gasteiger partial charge in [-0.05, 0) is 67.2 Å². The van der Waals surface area contributed by atoms with Gasteiger partial charge < -0.3 is 20.0 Å². The van der Waals surface area contributed by atoms with E-state index in [-0.39, 0.29) is 30.1 Å². The van der Waals surface area contributed by atoms with E-state index in [0.29, 0.717) is 28.2 Å². The molecule has 2 atom stereocenters. The fourth-order valence-electron chi connectivity index (χ4n) is 4.48. The Hall–Kier alpha value is -3.75. The molecule has 2 aromatic carbocycles. The van der Waals surface area contributed by atoms with Gasteiger partial charge in [-0.25, -0.2) is 4.39 Å². The fraction of sp³-hybridized carbons (Fsp3) is 0.179. The molecule has 2 aromatic heterocycles. The molecule has 1 fully saturated rings. The quantitative estimate of drug-likeness (QED) is 0.266. The summed E-state index contributed by atoms with van der Waals surface area (Å²) in [5, 5.41) is 7.12. The van der Waals surface area contributed by atoms with Crippen molar-refractivity contribution in [1.29, 1.82) is 0 Å². The highest BCUT2D eigenvalue weighted by atomic mass is 35.5. The van der Waals surface area contributed by atoms with Crippen LogP contribution in [0.25, 0.3) is 11.3 Å². The van der Waals surface area contributed by atoms with Gasteiger partial charge in [0.25, 0.3) is 0 Å². The molecule has 3 heterocycles. The Morgan fingerprint density at radius 2 is 1.95 bits per heavy atom. The minimum absolute atomic E-state index is 0.0998. The van der Waals surface area contributed by atoms with Gasteiger partial charge in [0.2, 0.25) is 5.91 Å². The predicted octanol–water partition coefficient (Wildman–Crippen LogP) is 6.44. The van der Waals surface area contributed by atoms with Gasteiger partial charge in [0, 0.05) is 29.7 Å². The molecule has 1 aliphatic rings. The molecule has 4 aromatic rings. The number of benzene rings is 2. The molecule has 6 nitrogen and oxygen atoms in total. The van der Waals surface area contributed by atoms with Gasteiger partial charge >= 0.3 is 0 Å². The van der Waals surface area contributed by atoms with Crippen LogP contribution in [-0.4, -0.2) is 27.4 Å². The third-order valence-corrected chi connectivity index (χ3v) is 7.14. The zero-order chi connectivity index (χ0) is 25.9. The first-order chi connectivity index (χ1) is 17.9. The minimum atomic E-state index is -0.485. The van der Waals surface area contributed by atoms with Gasteiger partial charge in [-0.15, -0.1) is 0 Å². The summed E-state index contributed by atoms with van der Waals surface area (Å²) >= 11 is 12.0. The van der Waals surface area contributed by atoms with Crippen LogP contribution in [0.3, 0.4) is 0 Å². The molecule has 2 N–H and O–H groups in total. The number of thiocarbonyl (C=S) groups is 1. The molecule has 37 heavy (non-hydrogen) atoms. The third kappa shape index (κ3) is 5.21. The number of nitrogens with one attached hydrogen (secondary N) is 2. The summed E-state index contributed by atoms with van der Waals surface area (Å²) in [6, 6.07) is 20.6. The number of nitrogens with zero attached hydrogens (tertiary/aromatic N) is 2. The molecular formula is C28H24ClFN4O2S. The first-order valence-corrected chi connectivity index (χ1v) is 12.6. The van der Waals surface area contributed by atoms with E-state index in [1.807, 2.05) is 60.4 Å². The zero-order valence-electron chi connectivity index (χ0n) is 19.9. The standard InChI is InChI=1S/C28H24ClFN4O2S/c1-17-18(7-6-8-19(17)29)23-12-13-24(36-23)27-26(22-11-4-5-15-31-22)33-28(37)34(27)16-14-25(35)32-21-10-3-2-9-20(21)30/h2-13,15,26-27H,14,16H2,1H3,(H,32,35)(H,33,37). The minimum Gasteiger partial charge on any atom is -0.459 e. The van der Waals surface area contributed by atoms with Crippen molar-refractivity contribution in [2.45, 2.75) is 25.4 Å². The van der Waals surface area contributed by atoms with E-state index in [2.05, 4.69) is 15.6 Å². The molecule has 0 bridgehead atoms. The molecule has 0 radical (unpaired) electrons. The van der Waals surface area contributed by atoms with Gasteiger partial charge in [-0.1, -0.05) is 41.9 Å². The lowest BCUT2D eigenvalue weighted by Gasteiger charge is -2.26. The van der Waals surface area contributed by atoms with E-state index in [1.54, 1.807) is 18.3 Å².